The average Bonchev–Trinajstić information content (AvgIpc) is 2.52. The van der Waals surface area contributed by atoms with Gasteiger partial charge in [0.2, 0.25) is 0 Å². The number of aliphatic hydroxyl groups excluding tert-OH is 1. The van der Waals surface area contributed by atoms with E-state index in [9.17, 15) is 0 Å². The Morgan fingerprint density at radius 1 is 0.727 bits per heavy atom. The van der Waals surface area contributed by atoms with E-state index < -0.39 is 0 Å². The summed E-state index contributed by atoms with van der Waals surface area (Å²) >= 11 is 0. The molecule has 1 atom stereocenters. The van der Waals surface area contributed by atoms with Gasteiger partial charge in [-0.05, 0) is 13.3 Å². The maximum Gasteiger partial charge on any atom is 0.0704 e. The molecule has 0 heterocycles. The number of rotatable bonds is 18. The van der Waals surface area contributed by atoms with Crippen LogP contribution in [0.1, 0.15) is 71.6 Å². The summed E-state index contributed by atoms with van der Waals surface area (Å²) in [6.07, 6.45) is 12.4. The van der Waals surface area contributed by atoms with Crippen LogP contribution in [0.25, 0.3) is 0 Å². The highest BCUT2D eigenvalue weighted by atomic mass is 16.5. The molecule has 0 aliphatic carbocycles. The van der Waals surface area contributed by atoms with Gasteiger partial charge < -0.3 is 19.3 Å². The van der Waals surface area contributed by atoms with E-state index >= 15 is 0 Å². The van der Waals surface area contributed by atoms with Crippen LogP contribution in [0, 0.1) is 0 Å². The minimum Gasteiger partial charge on any atom is -0.394 e. The molecule has 1 N–H and O–H groups in total. The van der Waals surface area contributed by atoms with Crippen LogP contribution >= 0.6 is 0 Å². The van der Waals surface area contributed by atoms with E-state index in [0.29, 0.717) is 39.1 Å². The molecule has 0 aromatic heterocycles. The zero-order valence-corrected chi connectivity index (χ0v) is 14.9. The van der Waals surface area contributed by atoms with Gasteiger partial charge >= 0.3 is 0 Å². The monoisotopic (exact) mass is 318 g/mol. The van der Waals surface area contributed by atoms with Gasteiger partial charge in [-0.3, -0.25) is 0 Å². The van der Waals surface area contributed by atoms with E-state index in [2.05, 4.69) is 13.8 Å². The molecule has 0 spiro atoms. The second kappa shape index (κ2) is 18.9. The van der Waals surface area contributed by atoms with E-state index in [4.69, 9.17) is 19.3 Å². The number of hydrogen-bond acceptors (Lipinski definition) is 4. The lowest BCUT2D eigenvalue weighted by Crippen LogP contribution is -2.15. The molecule has 0 aliphatic rings. The number of hydrogen-bond donors (Lipinski definition) is 1. The highest BCUT2D eigenvalue weighted by Gasteiger charge is 2.02. The average molecular weight is 318 g/mol. The Hall–Kier alpha value is -0.160. The minimum absolute atomic E-state index is 0.0688. The van der Waals surface area contributed by atoms with Crippen molar-refractivity contribution in [2.75, 3.05) is 39.6 Å². The summed E-state index contributed by atoms with van der Waals surface area (Å²) in [5, 5.41) is 8.54. The molecule has 0 amide bonds. The van der Waals surface area contributed by atoms with Crippen LogP contribution in [0.3, 0.4) is 0 Å². The largest absolute Gasteiger partial charge is 0.394 e. The normalized spacial score (nSPS) is 12.7. The van der Waals surface area contributed by atoms with Gasteiger partial charge in [-0.1, -0.05) is 58.3 Å². The Morgan fingerprint density at radius 2 is 1.27 bits per heavy atom. The molecule has 0 saturated carbocycles. The highest BCUT2D eigenvalue weighted by molar-refractivity contribution is 4.52. The summed E-state index contributed by atoms with van der Waals surface area (Å²) in [5.41, 5.74) is 0. The Balaban J connectivity index is 3.11. The van der Waals surface area contributed by atoms with Crippen molar-refractivity contribution in [1.82, 2.24) is 0 Å². The molecule has 0 rings (SSSR count). The first-order chi connectivity index (χ1) is 10.8. The van der Waals surface area contributed by atoms with Gasteiger partial charge in [-0.2, -0.15) is 0 Å². The smallest absolute Gasteiger partial charge is 0.0704 e. The van der Waals surface area contributed by atoms with Crippen LogP contribution in [-0.4, -0.2) is 50.9 Å². The summed E-state index contributed by atoms with van der Waals surface area (Å²) in [7, 11) is 0. The van der Waals surface area contributed by atoms with Crippen molar-refractivity contribution >= 4 is 0 Å². The van der Waals surface area contributed by atoms with Crippen LogP contribution in [0.15, 0.2) is 0 Å². The predicted octanol–water partition coefficient (Wildman–Crippen LogP) is 3.95. The Labute approximate surface area is 137 Å². The van der Waals surface area contributed by atoms with Gasteiger partial charge in [-0.15, -0.1) is 0 Å². The van der Waals surface area contributed by atoms with Crippen LogP contribution in [-0.2, 0) is 14.2 Å². The van der Waals surface area contributed by atoms with E-state index in [1.165, 1.54) is 51.4 Å². The van der Waals surface area contributed by atoms with Gasteiger partial charge in [0.25, 0.3) is 0 Å². The molecule has 0 aromatic rings. The molecule has 0 radical (unpaired) electrons. The van der Waals surface area contributed by atoms with Crippen molar-refractivity contribution in [3.63, 3.8) is 0 Å². The third kappa shape index (κ3) is 17.9. The maximum absolute atomic E-state index is 8.54. The summed E-state index contributed by atoms with van der Waals surface area (Å²) < 4.78 is 16.2. The summed E-state index contributed by atoms with van der Waals surface area (Å²) in [4.78, 5) is 0. The molecule has 1 unspecified atom stereocenters. The Bertz CT molecular complexity index is 180. The van der Waals surface area contributed by atoms with Crippen molar-refractivity contribution in [2.24, 2.45) is 0 Å². The first-order valence-corrected chi connectivity index (χ1v) is 9.19. The molecule has 0 saturated heterocycles. The van der Waals surface area contributed by atoms with Crippen LogP contribution in [0.2, 0.25) is 0 Å². The third-order valence-electron chi connectivity index (χ3n) is 3.70. The number of ether oxygens (including phenoxy) is 3. The lowest BCUT2D eigenvalue weighted by Gasteiger charge is -2.13. The molecule has 0 fully saturated rings. The van der Waals surface area contributed by atoms with Gasteiger partial charge in [0, 0.05) is 0 Å². The molecular formula is C18H38O4. The van der Waals surface area contributed by atoms with E-state index in [1.807, 2.05) is 0 Å². The van der Waals surface area contributed by atoms with E-state index in [0.717, 1.165) is 6.42 Å². The van der Waals surface area contributed by atoms with Crippen LogP contribution in [0.5, 0.6) is 0 Å². The second-order valence-corrected chi connectivity index (χ2v) is 5.89. The van der Waals surface area contributed by atoms with E-state index in [1.54, 1.807) is 0 Å². The molecule has 0 bridgehead atoms. The lowest BCUT2D eigenvalue weighted by atomic mass is 10.1. The summed E-state index contributed by atoms with van der Waals surface area (Å²) in [6.45, 7) is 7.23. The Morgan fingerprint density at radius 3 is 1.91 bits per heavy atom. The van der Waals surface area contributed by atoms with Gasteiger partial charge in [-0.25, -0.2) is 0 Å². The van der Waals surface area contributed by atoms with Crippen LogP contribution < -0.4 is 0 Å². The first-order valence-electron chi connectivity index (χ1n) is 9.19. The first kappa shape index (κ1) is 21.8. The molecule has 4 heteroatoms. The molecular weight excluding hydrogens is 280 g/mol. The standard InChI is InChI=1S/C18H38O4/c1-3-4-5-6-7-8-9-10-11-18(2)22-17-16-21-15-14-20-13-12-19/h18-19H,3-17H2,1-2H3. The molecule has 0 aliphatic heterocycles. The maximum atomic E-state index is 8.54. The predicted molar refractivity (Wildman–Crippen MR) is 91.4 cm³/mol. The fraction of sp³-hybridized carbons (Fsp3) is 1.00. The fourth-order valence-electron chi connectivity index (χ4n) is 2.34. The van der Waals surface area contributed by atoms with Crippen molar-refractivity contribution in [1.29, 1.82) is 0 Å². The second-order valence-electron chi connectivity index (χ2n) is 5.89. The topological polar surface area (TPSA) is 47.9 Å². The van der Waals surface area contributed by atoms with Crippen LogP contribution in [0.4, 0.5) is 0 Å². The minimum atomic E-state index is 0.0688. The zero-order chi connectivity index (χ0) is 16.3. The van der Waals surface area contributed by atoms with Crippen molar-refractivity contribution in [2.45, 2.75) is 77.7 Å². The fourth-order valence-corrected chi connectivity index (χ4v) is 2.34. The highest BCUT2D eigenvalue weighted by Crippen LogP contribution is 2.11. The third-order valence-corrected chi connectivity index (χ3v) is 3.70. The SMILES string of the molecule is CCCCCCCCCCC(C)OCCOCCOCCO. The van der Waals surface area contributed by atoms with Crippen molar-refractivity contribution < 1.29 is 19.3 Å². The molecule has 134 valence electrons. The lowest BCUT2D eigenvalue weighted by molar-refractivity contribution is -0.0121. The molecule has 22 heavy (non-hydrogen) atoms. The zero-order valence-electron chi connectivity index (χ0n) is 14.9. The number of unbranched alkanes of at least 4 members (excludes halogenated alkanes) is 7. The number of aliphatic hydroxyl groups is 1. The van der Waals surface area contributed by atoms with Crippen molar-refractivity contribution in [3.8, 4) is 0 Å². The quantitative estimate of drug-likeness (QED) is 0.389. The molecule has 4 nitrogen and oxygen atoms in total. The summed E-state index contributed by atoms with van der Waals surface area (Å²) in [6, 6.07) is 0. The van der Waals surface area contributed by atoms with Gasteiger partial charge in [0.1, 0.15) is 0 Å². The van der Waals surface area contributed by atoms with Gasteiger partial charge in [0.05, 0.1) is 45.7 Å². The Kier molecular flexibility index (Phi) is 18.8. The summed E-state index contributed by atoms with van der Waals surface area (Å²) in [5.74, 6) is 0. The van der Waals surface area contributed by atoms with Gasteiger partial charge in [0.15, 0.2) is 0 Å². The van der Waals surface area contributed by atoms with Crippen molar-refractivity contribution in [3.05, 3.63) is 0 Å². The molecule has 0 aromatic carbocycles. The van der Waals surface area contributed by atoms with E-state index in [-0.39, 0.29) is 6.61 Å².